The second kappa shape index (κ2) is 10.0. The predicted octanol–water partition coefficient (Wildman–Crippen LogP) is 1.52. The van der Waals surface area contributed by atoms with Gasteiger partial charge in [0.25, 0.3) is 0 Å². The van der Waals surface area contributed by atoms with Crippen LogP contribution in [0.25, 0.3) is 11.4 Å². The number of benzene rings is 1. The molecule has 0 amide bonds. The fourth-order valence-electron chi connectivity index (χ4n) is 2.29. The van der Waals surface area contributed by atoms with Gasteiger partial charge < -0.3 is 25.8 Å². The van der Waals surface area contributed by atoms with Crippen molar-refractivity contribution in [3.63, 3.8) is 0 Å². The number of anilines is 2. The highest BCUT2D eigenvalue weighted by Crippen LogP contribution is 2.24. The fourth-order valence-corrected chi connectivity index (χ4v) is 2.29. The lowest BCUT2D eigenvalue weighted by Crippen LogP contribution is -2.16. The van der Waals surface area contributed by atoms with Crippen molar-refractivity contribution < 1.29 is 9.47 Å². The maximum atomic E-state index is 5.51. The number of nitrogens with one attached hydrogen (secondary N) is 2. The maximum absolute atomic E-state index is 5.51. The highest BCUT2D eigenvalue weighted by molar-refractivity contribution is 5.58. The van der Waals surface area contributed by atoms with E-state index in [2.05, 4.69) is 25.6 Å². The molecule has 0 saturated heterocycles. The summed E-state index contributed by atoms with van der Waals surface area (Å²) in [5, 5.41) is 6.54. The Morgan fingerprint density at radius 2 is 1.65 bits per heavy atom. The van der Waals surface area contributed by atoms with Crippen LogP contribution in [0.15, 0.2) is 30.3 Å². The lowest BCUT2D eigenvalue weighted by Gasteiger charge is -2.10. The van der Waals surface area contributed by atoms with Gasteiger partial charge in [-0.15, -0.1) is 0 Å². The Hall–Kier alpha value is -2.29. The Morgan fingerprint density at radius 1 is 0.923 bits per heavy atom. The first-order valence-corrected chi connectivity index (χ1v) is 9.02. The van der Waals surface area contributed by atoms with Crippen LogP contribution < -0.4 is 16.4 Å². The van der Waals surface area contributed by atoms with E-state index < -0.39 is 0 Å². The van der Waals surface area contributed by atoms with Crippen LogP contribution in [0.3, 0.4) is 0 Å². The molecule has 1 aromatic heterocycles. The van der Waals surface area contributed by atoms with Crippen LogP contribution in [-0.2, 0) is 9.47 Å². The molecule has 1 heterocycles. The highest BCUT2D eigenvalue weighted by atomic mass is 16.5. The number of aromatic nitrogens is 3. The molecule has 1 aliphatic rings. The molecule has 1 aliphatic carbocycles. The number of hydrogen-bond donors (Lipinski definition) is 3. The summed E-state index contributed by atoms with van der Waals surface area (Å²) >= 11 is 0. The molecule has 8 nitrogen and oxygen atoms in total. The normalized spacial score (nSPS) is 13.6. The van der Waals surface area contributed by atoms with Gasteiger partial charge in [0.05, 0.1) is 26.4 Å². The van der Waals surface area contributed by atoms with Gasteiger partial charge in [0, 0.05) is 24.7 Å². The summed E-state index contributed by atoms with van der Waals surface area (Å²) in [6.07, 6.45) is 2.32. The van der Waals surface area contributed by atoms with E-state index in [9.17, 15) is 0 Å². The topological polar surface area (TPSA) is 107 Å². The summed E-state index contributed by atoms with van der Waals surface area (Å²) in [6.45, 7) is 3.34. The van der Waals surface area contributed by atoms with Gasteiger partial charge in [-0.2, -0.15) is 15.0 Å². The largest absolute Gasteiger partial charge is 0.378 e. The predicted molar refractivity (Wildman–Crippen MR) is 101 cm³/mol. The van der Waals surface area contributed by atoms with Crippen LogP contribution in [0.4, 0.5) is 11.9 Å². The van der Waals surface area contributed by atoms with Crippen molar-refractivity contribution in [3.8, 4) is 11.4 Å². The Morgan fingerprint density at radius 3 is 2.38 bits per heavy atom. The molecule has 3 rings (SSSR count). The zero-order valence-electron chi connectivity index (χ0n) is 14.9. The van der Waals surface area contributed by atoms with Crippen molar-refractivity contribution in [3.05, 3.63) is 30.3 Å². The Balaban J connectivity index is 1.54. The van der Waals surface area contributed by atoms with E-state index in [1.807, 2.05) is 30.3 Å². The Bertz CT molecular complexity index is 666. The van der Waals surface area contributed by atoms with Crippen molar-refractivity contribution in [2.24, 2.45) is 5.73 Å². The first kappa shape index (κ1) is 18.5. The van der Waals surface area contributed by atoms with Crippen LogP contribution in [0.1, 0.15) is 12.8 Å². The molecule has 0 spiro atoms. The van der Waals surface area contributed by atoms with E-state index in [1.165, 1.54) is 0 Å². The zero-order valence-corrected chi connectivity index (χ0v) is 14.9. The molecule has 0 unspecified atom stereocenters. The van der Waals surface area contributed by atoms with Crippen LogP contribution in [-0.4, -0.2) is 60.5 Å². The summed E-state index contributed by atoms with van der Waals surface area (Å²) in [5.74, 6) is 1.81. The summed E-state index contributed by atoms with van der Waals surface area (Å²) in [6, 6.07) is 10.4. The number of nitrogens with two attached hydrogens (primary N) is 1. The second-order valence-corrected chi connectivity index (χ2v) is 6.03. The van der Waals surface area contributed by atoms with Gasteiger partial charge in [-0.3, -0.25) is 0 Å². The van der Waals surface area contributed by atoms with Crippen LogP contribution >= 0.6 is 0 Å². The van der Waals surface area contributed by atoms with E-state index >= 15 is 0 Å². The molecule has 1 saturated carbocycles. The molecule has 2 aromatic rings. The average molecular weight is 358 g/mol. The molecule has 8 heteroatoms. The van der Waals surface area contributed by atoms with E-state index in [0.29, 0.717) is 63.3 Å². The molecule has 0 atom stereocenters. The van der Waals surface area contributed by atoms with Gasteiger partial charge in [-0.25, -0.2) is 0 Å². The minimum Gasteiger partial charge on any atom is -0.378 e. The minimum atomic E-state index is 0.478. The maximum Gasteiger partial charge on any atom is 0.228 e. The van der Waals surface area contributed by atoms with Gasteiger partial charge >= 0.3 is 0 Å². The molecule has 1 fully saturated rings. The van der Waals surface area contributed by atoms with Gasteiger partial charge in [0.15, 0.2) is 5.82 Å². The van der Waals surface area contributed by atoms with Crippen LogP contribution in [0.2, 0.25) is 0 Å². The summed E-state index contributed by atoms with van der Waals surface area (Å²) < 4.78 is 10.8. The summed E-state index contributed by atoms with van der Waals surface area (Å²) in [5.41, 5.74) is 6.32. The van der Waals surface area contributed by atoms with E-state index in [-0.39, 0.29) is 0 Å². The van der Waals surface area contributed by atoms with Crippen molar-refractivity contribution in [2.45, 2.75) is 18.9 Å². The van der Waals surface area contributed by atoms with Crippen molar-refractivity contribution in [1.29, 1.82) is 0 Å². The smallest absolute Gasteiger partial charge is 0.228 e. The van der Waals surface area contributed by atoms with Gasteiger partial charge in [0.2, 0.25) is 11.9 Å². The zero-order chi connectivity index (χ0) is 18.0. The lowest BCUT2D eigenvalue weighted by molar-refractivity contribution is 0.0547. The number of ether oxygens (including phenoxy) is 2. The third-order valence-electron chi connectivity index (χ3n) is 3.74. The van der Waals surface area contributed by atoms with E-state index in [0.717, 1.165) is 18.4 Å². The monoisotopic (exact) mass is 358 g/mol. The molecular formula is C18H26N6O2. The number of rotatable bonds is 12. The molecular weight excluding hydrogens is 332 g/mol. The van der Waals surface area contributed by atoms with Gasteiger partial charge in [-0.1, -0.05) is 30.3 Å². The average Bonchev–Trinajstić information content (AvgIpc) is 3.48. The van der Waals surface area contributed by atoms with Crippen molar-refractivity contribution in [1.82, 2.24) is 15.0 Å². The van der Waals surface area contributed by atoms with Crippen molar-refractivity contribution in [2.75, 3.05) is 50.2 Å². The third-order valence-corrected chi connectivity index (χ3v) is 3.74. The van der Waals surface area contributed by atoms with Gasteiger partial charge in [0.1, 0.15) is 0 Å². The van der Waals surface area contributed by atoms with E-state index in [4.69, 9.17) is 15.2 Å². The van der Waals surface area contributed by atoms with Crippen LogP contribution in [0.5, 0.6) is 0 Å². The molecule has 0 bridgehead atoms. The van der Waals surface area contributed by atoms with E-state index in [1.54, 1.807) is 0 Å². The summed E-state index contributed by atoms with van der Waals surface area (Å²) in [4.78, 5) is 13.5. The lowest BCUT2D eigenvalue weighted by atomic mass is 10.2. The van der Waals surface area contributed by atoms with Crippen molar-refractivity contribution >= 4 is 11.9 Å². The first-order valence-electron chi connectivity index (χ1n) is 9.02. The molecule has 26 heavy (non-hydrogen) atoms. The minimum absolute atomic E-state index is 0.478. The molecule has 4 N–H and O–H groups in total. The molecule has 0 radical (unpaired) electrons. The summed E-state index contributed by atoms with van der Waals surface area (Å²) in [7, 11) is 0. The molecule has 140 valence electrons. The SMILES string of the molecule is NCCOCCOCCNc1nc(NC2CC2)nc(-c2ccccc2)n1. The highest BCUT2D eigenvalue weighted by Gasteiger charge is 2.22. The quantitative estimate of drug-likeness (QED) is 0.490. The third kappa shape index (κ3) is 6.21. The number of hydrogen-bond acceptors (Lipinski definition) is 8. The second-order valence-electron chi connectivity index (χ2n) is 6.03. The number of nitrogens with zero attached hydrogens (tertiary/aromatic N) is 3. The molecule has 0 aliphatic heterocycles. The Kier molecular flexibility index (Phi) is 7.12. The van der Waals surface area contributed by atoms with Crippen LogP contribution in [0, 0.1) is 0 Å². The fraction of sp³-hybridized carbons (Fsp3) is 0.500. The first-order chi connectivity index (χ1) is 12.8. The standard InChI is InChI=1S/C18H26N6O2/c19-8-10-25-12-13-26-11-9-20-17-22-16(14-4-2-1-3-5-14)23-18(24-17)21-15-6-7-15/h1-5,15H,6-13,19H2,(H2,20,21,22,23,24). The Labute approximate surface area is 153 Å². The molecule has 1 aromatic carbocycles. The van der Waals surface area contributed by atoms with Gasteiger partial charge in [-0.05, 0) is 12.8 Å².